The normalized spacial score (nSPS) is 11.1. The summed E-state index contributed by atoms with van der Waals surface area (Å²) >= 11 is 3.33. The monoisotopic (exact) mass is 458 g/mol. The lowest BCUT2D eigenvalue weighted by Crippen LogP contribution is -1.99. The summed E-state index contributed by atoms with van der Waals surface area (Å²) in [5.74, 6) is 0.615. The third-order valence-corrected chi connectivity index (χ3v) is 5.43. The molecule has 154 valence electrons. The van der Waals surface area contributed by atoms with Crippen LogP contribution < -0.4 is 4.74 Å². The van der Waals surface area contributed by atoms with Gasteiger partial charge in [0.2, 0.25) is 0 Å². The van der Waals surface area contributed by atoms with Crippen LogP contribution in [0.3, 0.4) is 0 Å². The molecule has 3 nitrogen and oxygen atoms in total. The van der Waals surface area contributed by atoms with Crippen molar-refractivity contribution in [2.45, 2.75) is 58.3 Å². The van der Waals surface area contributed by atoms with Crippen molar-refractivity contribution in [3.8, 4) is 17.1 Å². The van der Waals surface area contributed by atoms with E-state index in [1.54, 1.807) is 18.5 Å². The van der Waals surface area contributed by atoms with Crippen LogP contribution in [0.2, 0.25) is 0 Å². The fourth-order valence-electron chi connectivity index (χ4n) is 3.38. The summed E-state index contributed by atoms with van der Waals surface area (Å²) in [7, 11) is 0. The molecule has 0 fully saturated rings. The largest absolute Gasteiger partial charge is 0.490 e. The molecule has 0 atom stereocenters. The van der Waals surface area contributed by atoms with Gasteiger partial charge in [-0.1, -0.05) is 64.0 Å². The molecule has 0 saturated carbocycles. The van der Waals surface area contributed by atoms with Crippen LogP contribution in [-0.2, 0) is 0 Å². The quantitative estimate of drug-likeness (QED) is 0.275. The highest BCUT2D eigenvalue weighted by Crippen LogP contribution is 2.28. The molecule has 2 aromatic carbocycles. The molecule has 0 amide bonds. The molecule has 0 radical (unpaired) electrons. The minimum atomic E-state index is -0.328. The predicted molar refractivity (Wildman–Crippen MR) is 121 cm³/mol. The van der Waals surface area contributed by atoms with Crippen molar-refractivity contribution in [3.63, 3.8) is 0 Å². The zero-order valence-electron chi connectivity index (χ0n) is 17.0. The summed E-state index contributed by atoms with van der Waals surface area (Å²) in [6.07, 6.45) is 13.3. The maximum Gasteiger partial charge on any atom is 0.165 e. The van der Waals surface area contributed by atoms with Gasteiger partial charge >= 0.3 is 0 Å². The van der Waals surface area contributed by atoms with E-state index >= 15 is 0 Å². The smallest absolute Gasteiger partial charge is 0.165 e. The Morgan fingerprint density at radius 2 is 1.55 bits per heavy atom. The van der Waals surface area contributed by atoms with Gasteiger partial charge in [0.15, 0.2) is 17.4 Å². The van der Waals surface area contributed by atoms with Gasteiger partial charge in [0.25, 0.3) is 0 Å². The number of halogens is 2. The maximum atomic E-state index is 14.5. The van der Waals surface area contributed by atoms with Crippen LogP contribution in [0, 0.1) is 5.82 Å². The Morgan fingerprint density at radius 1 is 0.862 bits per heavy atom. The van der Waals surface area contributed by atoms with Crippen LogP contribution >= 0.6 is 15.9 Å². The minimum absolute atomic E-state index is 0.327. The molecule has 3 rings (SSSR count). The van der Waals surface area contributed by atoms with Crippen molar-refractivity contribution in [2.24, 2.45) is 0 Å². The summed E-state index contributed by atoms with van der Waals surface area (Å²) in [6.45, 7) is 2.79. The van der Waals surface area contributed by atoms with Gasteiger partial charge in [-0.2, -0.15) is 0 Å². The zero-order chi connectivity index (χ0) is 20.5. The predicted octanol–water partition coefficient (Wildman–Crippen LogP) is 7.72. The average molecular weight is 459 g/mol. The van der Waals surface area contributed by atoms with Crippen molar-refractivity contribution >= 4 is 26.7 Å². The molecule has 0 aliphatic carbocycles. The first-order chi connectivity index (χ1) is 14.2. The lowest BCUT2D eigenvalue weighted by Gasteiger charge is -2.10. The number of hydrogen-bond acceptors (Lipinski definition) is 3. The first kappa shape index (κ1) is 21.7. The summed E-state index contributed by atoms with van der Waals surface area (Å²) in [5, 5.41) is 1.75. The molecular weight excluding hydrogens is 431 g/mol. The average Bonchev–Trinajstić information content (AvgIpc) is 2.73. The SMILES string of the molecule is CCCCCCCCCCOc1cc2ccc(-c3ncc(Br)cn3)cc2cc1F. The number of nitrogens with zero attached hydrogens (tertiary/aromatic N) is 2. The van der Waals surface area contributed by atoms with E-state index < -0.39 is 0 Å². The van der Waals surface area contributed by atoms with Crippen molar-refractivity contribution in [1.29, 1.82) is 0 Å². The maximum absolute atomic E-state index is 14.5. The van der Waals surface area contributed by atoms with Crippen LogP contribution in [0.4, 0.5) is 4.39 Å². The molecule has 0 bridgehead atoms. The van der Waals surface area contributed by atoms with Gasteiger partial charge in [-0.25, -0.2) is 14.4 Å². The molecule has 0 spiro atoms. The Labute approximate surface area is 180 Å². The van der Waals surface area contributed by atoms with Gasteiger partial charge in [0.05, 0.1) is 11.1 Å². The summed E-state index contributed by atoms with van der Waals surface area (Å²) < 4.78 is 21.0. The van der Waals surface area contributed by atoms with Crippen LogP contribution in [0.15, 0.2) is 47.2 Å². The van der Waals surface area contributed by atoms with Gasteiger partial charge in [0, 0.05) is 18.0 Å². The first-order valence-electron chi connectivity index (χ1n) is 10.5. The second kappa shape index (κ2) is 11.2. The van der Waals surface area contributed by atoms with Gasteiger partial charge in [-0.05, 0) is 51.3 Å². The Kier molecular flexibility index (Phi) is 8.41. The number of rotatable bonds is 11. The Hall–Kier alpha value is -2.01. The Balaban J connectivity index is 1.54. The number of unbranched alkanes of at least 4 members (excludes halogenated alkanes) is 7. The number of aromatic nitrogens is 2. The van der Waals surface area contributed by atoms with Gasteiger partial charge in [0.1, 0.15) is 0 Å². The van der Waals surface area contributed by atoms with E-state index in [4.69, 9.17) is 4.74 Å². The molecule has 0 saturated heterocycles. The van der Waals surface area contributed by atoms with Crippen LogP contribution in [0.25, 0.3) is 22.2 Å². The van der Waals surface area contributed by atoms with E-state index in [0.717, 1.165) is 33.7 Å². The lowest BCUT2D eigenvalue weighted by atomic mass is 10.1. The fraction of sp³-hybridized carbons (Fsp3) is 0.417. The number of fused-ring (bicyclic) bond motifs is 1. The Morgan fingerprint density at radius 3 is 2.28 bits per heavy atom. The third kappa shape index (κ3) is 6.49. The molecular formula is C24H28BrFN2O. The van der Waals surface area contributed by atoms with Crippen molar-refractivity contribution in [2.75, 3.05) is 6.61 Å². The second-order valence-electron chi connectivity index (χ2n) is 7.39. The number of ether oxygens (including phenoxy) is 1. The molecule has 5 heteroatoms. The summed E-state index contributed by atoms with van der Waals surface area (Å²) in [5.41, 5.74) is 0.858. The highest BCUT2D eigenvalue weighted by Gasteiger charge is 2.08. The van der Waals surface area contributed by atoms with Crippen LogP contribution in [-0.4, -0.2) is 16.6 Å². The number of hydrogen-bond donors (Lipinski definition) is 0. The Bertz CT molecular complexity index is 915. The van der Waals surface area contributed by atoms with Crippen molar-refractivity contribution in [1.82, 2.24) is 9.97 Å². The highest BCUT2D eigenvalue weighted by molar-refractivity contribution is 9.10. The molecule has 0 aliphatic heterocycles. The molecule has 0 aliphatic rings. The summed E-state index contributed by atoms with van der Waals surface area (Å²) in [4.78, 5) is 8.61. The molecule has 29 heavy (non-hydrogen) atoms. The third-order valence-electron chi connectivity index (χ3n) is 5.02. The van der Waals surface area contributed by atoms with E-state index in [9.17, 15) is 4.39 Å². The van der Waals surface area contributed by atoms with Gasteiger partial charge < -0.3 is 4.74 Å². The van der Waals surface area contributed by atoms with E-state index in [1.807, 2.05) is 18.2 Å². The van der Waals surface area contributed by atoms with E-state index in [1.165, 1.54) is 44.6 Å². The molecule has 1 aromatic heterocycles. The van der Waals surface area contributed by atoms with Gasteiger partial charge in [-0.3, -0.25) is 0 Å². The standard InChI is InChI=1S/C24H28BrFN2O/c1-2-3-4-5-6-7-8-9-12-29-23-15-18-10-11-19(13-20(18)14-22(23)26)24-27-16-21(25)17-28-24/h10-11,13-17H,2-9,12H2,1H3. The van der Waals surface area contributed by atoms with Crippen LogP contribution in [0.5, 0.6) is 5.75 Å². The molecule has 1 heterocycles. The molecule has 3 aromatic rings. The minimum Gasteiger partial charge on any atom is -0.490 e. The van der Waals surface area contributed by atoms with E-state index in [-0.39, 0.29) is 5.82 Å². The van der Waals surface area contributed by atoms with Crippen LogP contribution in [0.1, 0.15) is 58.3 Å². The first-order valence-corrected chi connectivity index (χ1v) is 11.3. The highest BCUT2D eigenvalue weighted by atomic mass is 79.9. The second-order valence-corrected chi connectivity index (χ2v) is 8.31. The zero-order valence-corrected chi connectivity index (χ0v) is 18.6. The van der Waals surface area contributed by atoms with E-state index in [0.29, 0.717) is 18.2 Å². The topological polar surface area (TPSA) is 35.0 Å². The summed E-state index contributed by atoms with van der Waals surface area (Å²) in [6, 6.07) is 9.12. The molecule has 0 unspecified atom stereocenters. The van der Waals surface area contributed by atoms with Gasteiger partial charge in [-0.15, -0.1) is 0 Å². The fourth-order valence-corrected chi connectivity index (χ4v) is 3.58. The van der Waals surface area contributed by atoms with E-state index in [2.05, 4.69) is 32.8 Å². The van der Waals surface area contributed by atoms with Crippen molar-refractivity contribution in [3.05, 3.63) is 53.0 Å². The van der Waals surface area contributed by atoms with Crippen molar-refractivity contribution < 1.29 is 9.13 Å². The lowest BCUT2D eigenvalue weighted by molar-refractivity contribution is 0.290. The molecule has 0 N–H and O–H groups in total. The number of benzene rings is 2.